The molecule has 0 aliphatic carbocycles. The Kier molecular flexibility index (Phi) is 9.14. The largest absolute Gasteiger partial charge is 0.389 e. The lowest BCUT2D eigenvalue weighted by molar-refractivity contribution is -0.110. The fourth-order valence-corrected chi connectivity index (χ4v) is 6.81. The third-order valence-corrected chi connectivity index (χ3v) is 9.97. The number of carbonyl (C=O) groups is 1. The van der Waals surface area contributed by atoms with E-state index in [0.29, 0.717) is 53.7 Å². The fraction of sp³-hybridized carbons (Fsp3) is 0.481. The van der Waals surface area contributed by atoms with Gasteiger partial charge in [0.05, 0.1) is 30.0 Å². The number of benzene rings is 1. The van der Waals surface area contributed by atoms with E-state index in [1.807, 2.05) is 33.3 Å². The number of aromatic nitrogens is 2. The van der Waals surface area contributed by atoms with Gasteiger partial charge in [-0.1, -0.05) is 28.6 Å². The van der Waals surface area contributed by atoms with Crippen molar-refractivity contribution in [3.05, 3.63) is 42.0 Å². The van der Waals surface area contributed by atoms with E-state index in [1.54, 1.807) is 12.1 Å². The first-order valence-electron chi connectivity index (χ1n) is 13.4. The quantitative estimate of drug-likeness (QED) is 0.257. The number of hydrogen-bond acceptors (Lipinski definition) is 12. The van der Waals surface area contributed by atoms with Gasteiger partial charge in [0, 0.05) is 38.7 Å². The minimum atomic E-state index is -3.54. The van der Waals surface area contributed by atoms with Crippen molar-refractivity contribution in [2.24, 2.45) is 5.16 Å². The predicted octanol–water partition coefficient (Wildman–Crippen LogP) is 2.40. The molecule has 0 saturated carbocycles. The second-order valence-corrected chi connectivity index (χ2v) is 13.5. The van der Waals surface area contributed by atoms with Gasteiger partial charge in [0.1, 0.15) is 16.2 Å². The standard InChI is InChI=1S/C27H34N6O6S2/c1-32(2)12-13-33(3)23-9-8-22-26(29-23)40-27(28-22)30-25(34)24(31-39-19-10-14-37-16-19)18-4-6-20(7-5-18)41(35,36)21-11-15-38-17-21/h4-9,19,21H,10-17H2,1-3H3,(H,28,30,34)/b31-24+/t19-,21+/m1/s1. The van der Waals surface area contributed by atoms with Crippen LogP contribution >= 0.6 is 11.3 Å². The normalized spacial score (nSPS) is 19.7. The molecule has 0 bridgehead atoms. The number of likely N-dealkylation sites (N-methyl/N-ethyl adjacent to an activating group) is 2. The van der Waals surface area contributed by atoms with Crippen LogP contribution in [-0.2, 0) is 28.9 Å². The molecule has 1 N–H and O–H groups in total. The topological polar surface area (TPSA) is 136 Å². The monoisotopic (exact) mass is 602 g/mol. The van der Waals surface area contributed by atoms with Crippen LogP contribution in [0.5, 0.6) is 0 Å². The summed E-state index contributed by atoms with van der Waals surface area (Å²) in [6.07, 6.45) is 0.851. The number of nitrogens with one attached hydrogen (secondary N) is 1. The smallest absolute Gasteiger partial charge is 0.280 e. The molecule has 0 spiro atoms. The highest BCUT2D eigenvalue weighted by Gasteiger charge is 2.31. The lowest BCUT2D eigenvalue weighted by atomic mass is 10.1. The van der Waals surface area contributed by atoms with Gasteiger partial charge in [0.15, 0.2) is 26.8 Å². The maximum Gasteiger partial charge on any atom is 0.280 e. The molecule has 2 aliphatic heterocycles. The van der Waals surface area contributed by atoms with Crippen LogP contribution < -0.4 is 10.2 Å². The van der Waals surface area contributed by atoms with Crippen molar-refractivity contribution in [3.8, 4) is 0 Å². The van der Waals surface area contributed by atoms with Crippen molar-refractivity contribution in [1.29, 1.82) is 0 Å². The molecule has 2 aliphatic rings. The Labute approximate surface area is 243 Å². The van der Waals surface area contributed by atoms with Gasteiger partial charge in [-0.05, 0) is 44.8 Å². The summed E-state index contributed by atoms with van der Waals surface area (Å²) in [6, 6.07) is 9.88. The number of pyridine rings is 1. The molecule has 41 heavy (non-hydrogen) atoms. The predicted molar refractivity (Wildman–Crippen MR) is 158 cm³/mol. The molecule has 0 unspecified atom stereocenters. The van der Waals surface area contributed by atoms with Gasteiger partial charge in [0.2, 0.25) is 0 Å². The summed E-state index contributed by atoms with van der Waals surface area (Å²) in [5.74, 6) is 0.278. The molecule has 2 fully saturated rings. The summed E-state index contributed by atoms with van der Waals surface area (Å²) in [6.45, 7) is 3.25. The van der Waals surface area contributed by atoms with E-state index in [1.165, 1.54) is 23.5 Å². The Morgan fingerprint density at radius 1 is 1.05 bits per heavy atom. The van der Waals surface area contributed by atoms with E-state index in [4.69, 9.17) is 19.3 Å². The van der Waals surface area contributed by atoms with Gasteiger partial charge >= 0.3 is 0 Å². The van der Waals surface area contributed by atoms with Gasteiger partial charge in [-0.2, -0.15) is 0 Å². The van der Waals surface area contributed by atoms with Gasteiger partial charge in [-0.25, -0.2) is 18.4 Å². The van der Waals surface area contributed by atoms with Crippen molar-refractivity contribution < 1.29 is 27.5 Å². The SMILES string of the molecule is CN(C)CCN(C)c1ccc2nc(NC(=O)/C(=N/O[C@@H]3CCOC3)c3ccc(S(=O)(=O)[C@H]4CCOC4)cc3)sc2n1. The zero-order valence-electron chi connectivity index (χ0n) is 23.3. The van der Waals surface area contributed by atoms with Crippen molar-refractivity contribution in [3.63, 3.8) is 0 Å². The summed E-state index contributed by atoms with van der Waals surface area (Å²) in [5, 5.41) is 6.78. The number of nitrogens with zero attached hydrogens (tertiary/aromatic N) is 5. The van der Waals surface area contributed by atoms with Crippen LogP contribution in [-0.4, -0.2) is 107 Å². The van der Waals surface area contributed by atoms with E-state index >= 15 is 0 Å². The maximum atomic E-state index is 13.5. The summed E-state index contributed by atoms with van der Waals surface area (Å²) in [7, 11) is 2.49. The molecule has 5 rings (SSSR count). The summed E-state index contributed by atoms with van der Waals surface area (Å²) in [4.78, 5) is 33.4. The van der Waals surface area contributed by atoms with Gasteiger partial charge in [0.25, 0.3) is 5.91 Å². The van der Waals surface area contributed by atoms with Crippen LogP contribution in [0.2, 0.25) is 0 Å². The number of anilines is 2. The summed E-state index contributed by atoms with van der Waals surface area (Å²) >= 11 is 1.26. The molecule has 2 saturated heterocycles. The molecule has 2 aromatic heterocycles. The van der Waals surface area contributed by atoms with E-state index in [-0.39, 0.29) is 23.3 Å². The molecule has 220 valence electrons. The third-order valence-electron chi connectivity index (χ3n) is 6.91. The van der Waals surface area contributed by atoms with Crippen LogP contribution in [0, 0.1) is 0 Å². The average molecular weight is 603 g/mol. The Balaban J connectivity index is 1.36. The Morgan fingerprint density at radius 2 is 1.80 bits per heavy atom. The van der Waals surface area contributed by atoms with Crippen LogP contribution in [0.15, 0.2) is 46.4 Å². The molecule has 4 heterocycles. The molecule has 1 amide bonds. The average Bonchev–Trinajstić information content (AvgIpc) is 3.74. The van der Waals surface area contributed by atoms with E-state index in [9.17, 15) is 13.2 Å². The number of amides is 1. The first-order chi connectivity index (χ1) is 19.7. The molecule has 2 atom stereocenters. The minimum absolute atomic E-state index is 0.00127. The Morgan fingerprint density at radius 3 is 2.49 bits per heavy atom. The number of oxime groups is 1. The number of carbonyl (C=O) groups excluding carboxylic acids is 1. The lowest BCUT2D eigenvalue weighted by Crippen LogP contribution is -2.28. The number of sulfone groups is 1. The fourth-order valence-electron chi connectivity index (χ4n) is 4.40. The molecule has 1 aromatic carbocycles. The van der Waals surface area contributed by atoms with Crippen LogP contribution in [0.4, 0.5) is 10.9 Å². The molecule has 0 radical (unpaired) electrons. The highest BCUT2D eigenvalue weighted by atomic mass is 32.2. The van der Waals surface area contributed by atoms with Crippen molar-refractivity contribution in [1.82, 2.24) is 14.9 Å². The Bertz CT molecular complexity index is 1500. The number of thiazole rings is 1. The number of ether oxygens (including phenoxy) is 2. The highest BCUT2D eigenvalue weighted by Crippen LogP contribution is 2.27. The number of rotatable bonds is 11. The summed E-state index contributed by atoms with van der Waals surface area (Å²) < 4.78 is 36.5. The van der Waals surface area contributed by atoms with Gasteiger partial charge < -0.3 is 24.1 Å². The molecule has 14 heteroatoms. The van der Waals surface area contributed by atoms with Crippen molar-refractivity contribution in [2.75, 3.05) is 70.9 Å². The van der Waals surface area contributed by atoms with Crippen LogP contribution in [0.25, 0.3) is 10.3 Å². The Hall–Kier alpha value is -3.17. The first-order valence-corrected chi connectivity index (χ1v) is 15.8. The highest BCUT2D eigenvalue weighted by molar-refractivity contribution is 7.92. The number of fused-ring (bicyclic) bond motifs is 1. The van der Waals surface area contributed by atoms with E-state index < -0.39 is 21.0 Å². The summed E-state index contributed by atoms with van der Waals surface area (Å²) in [5.41, 5.74) is 1.08. The zero-order chi connectivity index (χ0) is 29.0. The van der Waals surface area contributed by atoms with Crippen LogP contribution in [0.3, 0.4) is 0 Å². The molecule has 3 aromatic rings. The maximum absolute atomic E-state index is 13.5. The van der Waals surface area contributed by atoms with Crippen LogP contribution in [0.1, 0.15) is 18.4 Å². The van der Waals surface area contributed by atoms with Gasteiger partial charge in [-0.15, -0.1) is 0 Å². The molecule has 12 nitrogen and oxygen atoms in total. The van der Waals surface area contributed by atoms with Crippen molar-refractivity contribution >= 4 is 54.1 Å². The van der Waals surface area contributed by atoms with E-state index in [2.05, 4.69) is 25.3 Å². The molecular weight excluding hydrogens is 568 g/mol. The third kappa shape index (κ3) is 7.01. The lowest BCUT2D eigenvalue weighted by Gasteiger charge is -2.20. The molecular formula is C27H34N6O6S2. The van der Waals surface area contributed by atoms with Gasteiger partial charge in [-0.3, -0.25) is 10.1 Å². The van der Waals surface area contributed by atoms with Crippen molar-refractivity contribution in [2.45, 2.75) is 29.1 Å². The second kappa shape index (κ2) is 12.8. The minimum Gasteiger partial charge on any atom is -0.389 e. The second-order valence-electron chi connectivity index (χ2n) is 10.3. The zero-order valence-corrected chi connectivity index (χ0v) is 24.9. The van der Waals surface area contributed by atoms with E-state index in [0.717, 1.165) is 18.9 Å². The first kappa shape index (κ1) is 29.3. The number of hydrogen-bond donors (Lipinski definition) is 1.